The topological polar surface area (TPSA) is 56.7 Å². The van der Waals surface area contributed by atoms with Crippen molar-refractivity contribution < 1.29 is 0 Å². The molecule has 0 spiro atoms. The third kappa shape index (κ3) is 3.72. The molecule has 1 unspecified atom stereocenters. The fraction of sp³-hybridized carbons (Fsp3) is 0.429. The Morgan fingerprint density at radius 2 is 2.05 bits per heavy atom. The number of benzene rings is 1. The van der Waals surface area contributed by atoms with Gasteiger partial charge in [0.2, 0.25) is 0 Å². The molecule has 1 aromatic heterocycles. The van der Waals surface area contributed by atoms with Gasteiger partial charge in [-0.1, -0.05) is 37.0 Å². The second-order valence-electron chi connectivity index (χ2n) is 5.23. The lowest BCUT2D eigenvalue weighted by Crippen LogP contribution is -2.18. The summed E-state index contributed by atoms with van der Waals surface area (Å²) < 4.78 is 1.89. The van der Waals surface area contributed by atoms with Crippen LogP contribution in [-0.2, 0) is 13.0 Å². The summed E-state index contributed by atoms with van der Waals surface area (Å²) in [6.07, 6.45) is 2.14. The van der Waals surface area contributed by atoms with Crippen LogP contribution in [0, 0.1) is 5.92 Å². The van der Waals surface area contributed by atoms with Gasteiger partial charge in [-0.3, -0.25) is 0 Å². The van der Waals surface area contributed by atoms with Gasteiger partial charge in [-0.05, 0) is 29.7 Å². The van der Waals surface area contributed by atoms with E-state index in [0.29, 0.717) is 22.4 Å². The van der Waals surface area contributed by atoms with Gasteiger partial charge in [-0.2, -0.15) is 5.10 Å². The van der Waals surface area contributed by atoms with Gasteiger partial charge in [0.1, 0.15) is 12.2 Å². The van der Waals surface area contributed by atoms with Crippen molar-refractivity contribution in [2.75, 3.05) is 0 Å². The Balaban J connectivity index is 2.17. The molecule has 0 aliphatic carbocycles. The van der Waals surface area contributed by atoms with Crippen LogP contribution in [0.5, 0.6) is 0 Å². The molecule has 1 heterocycles. The van der Waals surface area contributed by atoms with E-state index in [1.165, 1.54) is 0 Å². The van der Waals surface area contributed by atoms with Crippen molar-refractivity contribution in [3.8, 4) is 0 Å². The second-order valence-corrected chi connectivity index (χ2v) is 6.07. The van der Waals surface area contributed by atoms with E-state index in [1.54, 1.807) is 24.5 Å². The molecule has 6 heteroatoms. The largest absolute Gasteiger partial charge is 0.324 e. The SMILES string of the molecule is CC(C)Cn1ncnc1CC(N)c1cc(Cl)ccc1Cl. The zero-order chi connectivity index (χ0) is 14.7. The lowest BCUT2D eigenvalue weighted by molar-refractivity contribution is 0.459. The number of nitrogens with zero attached hydrogens (tertiary/aromatic N) is 3. The second kappa shape index (κ2) is 6.57. The van der Waals surface area contributed by atoms with Crippen LogP contribution < -0.4 is 5.73 Å². The maximum absolute atomic E-state index is 6.23. The molecule has 2 N–H and O–H groups in total. The van der Waals surface area contributed by atoms with Crippen molar-refractivity contribution >= 4 is 23.2 Å². The summed E-state index contributed by atoms with van der Waals surface area (Å²) in [6, 6.07) is 5.06. The monoisotopic (exact) mass is 312 g/mol. The Morgan fingerprint density at radius 1 is 1.30 bits per heavy atom. The Labute approximate surface area is 128 Å². The van der Waals surface area contributed by atoms with E-state index in [2.05, 4.69) is 23.9 Å². The molecule has 0 aliphatic rings. The molecule has 0 fully saturated rings. The number of halogens is 2. The highest BCUT2D eigenvalue weighted by molar-refractivity contribution is 6.33. The highest BCUT2D eigenvalue weighted by Gasteiger charge is 2.15. The van der Waals surface area contributed by atoms with Crippen molar-refractivity contribution in [1.82, 2.24) is 14.8 Å². The van der Waals surface area contributed by atoms with Crippen LogP contribution in [0.1, 0.15) is 31.3 Å². The molecule has 0 amide bonds. The number of nitrogens with two attached hydrogens (primary N) is 1. The number of hydrogen-bond donors (Lipinski definition) is 1. The normalized spacial score (nSPS) is 12.9. The minimum Gasteiger partial charge on any atom is -0.324 e. The van der Waals surface area contributed by atoms with Crippen molar-refractivity contribution in [2.45, 2.75) is 32.9 Å². The van der Waals surface area contributed by atoms with E-state index in [-0.39, 0.29) is 6.04 Å². The van der Waals surface area contributed by atoms with Gasteiger partial charge in [0.25, 0.3) is 0 Å². The third-order valence-corrected chi connectivity index (χ3v) is 3.57. The van der Waals surface area contributed by atoms with Gasteiger partial charge in [0.15, 0.2) is 0 Å². The molecule has 0 saturated carbocycles. The molecule has 2 aromatic rings. The minimum absolute atomic E-state index is 0.253. The van der Waals surface area contributed by atoms with E-state index < -0.39 is 0 Å². The molecule has 0 bridgehead atoms. The molecule has 0 radical (unpaired) electrons. The molecule has 0 aliphatic heterocycles. The standard InChI is InChI=1S/C14H18Cl2N4/c1-9(2)7-20-14(18-8-19-20)6-13(17)11-5-10(15)3-4-12(11)16/h3-5,8-9,13H,6-7,17H2,1-2H3. The van der Waals surface area contributed by atoms with Crippen LogP contribution in [0.15, 0.2) is 24.5 Å². The van der Waals surface area contributed by atoms with Crippen molar-refractivity contribution in [3.63, 3.8) is 0 Å². The average Bonchev–Trinajstić information content (AvgIpc) is 2.78. The van der Waals surface area contributed by atoms with E-state index in [9.17, 15) is 0 Å². The number of rotatable bonds is 5. The summed E-state index contributed by atoms with van der Waals surface area (Å²) in [6.45, 7) is 5.10. The molecule has 0 saturated heterocycles. The summed E-state index contributed by atoms with van der Waals surface area (Å²) in [4.78, 5) is 4.28. The highest BCUT2D eigenvalue weighted by Crippen LogP contribution is 2.26. The Kier molecular flexibility index (Phi) is 5.02. The Morgan fingerprint density at radius 3 is 2.75 bits per heavy atom. The maximum Gasteiger partial charge on any atom is 0.138 e. The molecule has 4 nitrogen and oxygen atoms in total. The summed E-state index contributed by atoms with van der Waals surface area (Å²) in [5.74, 6) is 1.36. The van der Waals surface area contributed by atoms with Gasteiger partial charge in [0.05, 0.1) is 0 Å². The van der Waals surface area contributed by atoms with Crippen molar-refractivity contribution in [3.05, 3.63) is 46.0 Å². The first-order valence-corrected chi connectivity index (χ1v) is 7.30. The van der Waals surface area contributed by atoms with Gasteiger partial charge in [-0.15, -0.1) is 0 Å². The Hall–Kier alpha value is -1.10. The zero-order valence-corrected chi connectivity index (χ0v) is 13.1. The molecule has 108 valence electrons. The summed E-state index contributed by atoms with van der Waals surface area (Å²) >= 11 is 12.2. The van der Waals surface area contributed by atoms with Crippen LogP contribution in [-0.4, -0.2) is 14.8 Å². The molecular formula is C14H18Cl2N4. The fourth-order valence-corrected chi connectivity index (χ4v) is 2.49. The zero-order valence-electron chi connectivity index (χ0n) is 11.6. The van der Waals surface area contributed by atoms with Gasteiger partial charge in [0, 0.05) is 29.1 Å². The summed E-state index contributed by atoms with van der Waals surface area (Å²) in [5.41, 5.74) is 7.06. The van der Waals surface area contributed by atoms with Crippen molar-refractivity contribution in [1.29, 1.82) is 0 Å². The number of hydrogen-bond acceptors (Lipinski definition) is 3. The fourth-order valence-electron chi connectivity index (χ4n) is 2.05. The van der Waals surface area contributed by atoms with Crippen LogP contribution in [0.25, 0.3) is 0 Å². The third-order valence-electron chi connectivity index (χ3n) is 2.99. The van der Waals surface area contributed by atoms with E-state index in [0.717, 1.165) is 17.9 Å². The predicted molar refractivity (Wildman–Crippen MR) is 82.0 cm³/mol. The van der Waals surface area contributed by atoms with E-state index in [1.807, 2.05) is 4.68 Å². The van der Waals surface area contributed by atoms with Crippen LogP contribution in [0.3, 0.4) is 0 Å². The predicted octanol–water partition coefficient (Wildman–Crippen LogP) is 3.48. The summed E-state index contributed by atoms with van der Waals surface area (Å²) in [7, 11) is 0. The molecular weight excluding hydrogens is 295 g/mol. The van der Waals surface area contributed by atoms with E-state index in [4.69, 9.17) is 28.9 Å². The molecule has 20 heavy (non-hydrogen) atoms. The average molecular weight is 313 g/mol. The smallest absolute Gasteiger partial charge is 0.138 e. The van der Waals surface area contributed by atoms with Gasteiger partial charge < -0.3 is 5.73 Å². The molecule has 2 rings (SSSR count). The van der Waals surface area contributed by atoms with E-state index >= 15 is 0 Å². The minimum atomic E-state index is -0.253. The number of aromatic nitrogens is 3. The maximum atomic E-state index is 6.23. The highest BCUT2D eigenvalue weighted by atomic mass is 35.5. The first-order chi connectivity index (χ1) is 9.47. The lowest BCUT2D eigenvalue weighted by atomic mass is 10.0. The summed E-state index contributed by atoms with van der Waals surface area (Å²) in [5, 5.41) is 5.48. The first kappa shape index (κ1) is 15.3. The lowest BCUT2D eigenvalue weighted by Gasteiger charge is -2.15. The Bertz CT molecular complexity index is 580. The van der Waals surface area contributed by atoms with Gasteiger partial charge in [-0.25, -0.2) is 9.67 Å². The van der Waals surface area contributed by atoms with Crippen molar-refractivity contribution in [2.24, 2.45) is 11.7 Å². The van der Waals surface area contributed by atoms with Crippen LogP contribution in [0.4, 0.5) is 0 Å². The molecule has 1 atom stereocenters. The molecule has 1 aromatic carbocycles. The van der Waals surface area contributed by atoms with Crippen LogP contribution in [0.2, 0.25) is 10.0 Å². The first-order valence-electron chi connectivity index (χ1n) is 6.54. The van der Waals surface area contributed by atoms with Crippen LogP contribution >= 0.6 is 23.2 Å². The quantitative estimate of drug-likeness (QED) is 0.919. The van der Waals surface area contributed by atoms with Gasteiger partial charge >= 0.3 is 0 Å².